The van der Waals surface area contributed by atoms with Crippen LogP contribution in [0, 0.1) is 10.1 Å². The number of nitrogens with zero attached hydrogens (tertiary/aromatic N) is 4. The smallest absolute Gasteiger partial charge is 0.270 e. The van der Waals surface area contributed by atoms with Gasteiger partial charge in [0.15, 0.2) is 0 Å². The first kappa shape index (κ1) is 18.6. The number of hydrogen-bond acceptors (Lipinski definition) is 6. The lowest BCUT2D eigenvalue weighted by molar-refractivity contribution is -0.384. The number of rotatable bonds is 5. The van der Waals surface area contributed by atoms with Gasteiger partial charge in [0.1, 0.15) is 0 Å². The number of carbonyl (C=O) groups excluding carboxylic acids is 1. The Morgan fingerprint density at radius 1 is 1.27 bits per heavy atom. The molecule has 8 heteroatoms. The highest BCUT2D eigenvalue weighted by Gasteiger charge is 2.31. The molecule has 2 aliphatic heterocycles. The van der Waals surface area contributed by atoms with E-state index in [1.54, 1.807) is 13.1 Å². The molecule has 2 aliphatic rings. The number of non-ortho nitro benzene ring substituents is 1. The van der Waals surface area contributed by atoms with Crippen LogP contribution >= 0.6 is 0 Å². The Morgan fingerprint density at radius 3 is 2.62 bits per heavy atom. The quantitative estimate of drug-likeness (QED) is 0.626. The molecular formula is C18H27N5O3. The molecule has 1 aromatic rings. The number of hydrogen-bond donors (Lipinski definition) is 1. The van der Waals surface area contributed by atoms with Crippen molar-refractivity contribution >= 4 is 17.3 Å². The Morgan fingerprint density at radius 2 is 2.00 bits per heavy atom. The Balaban J connectivity index is 1.74. The van der Waals surface area contributed by atoms with Crippen molar-refractivity contribution in [1.82, 2.24) is 15.1 Å². The van der Waals surface area contributed by atoms with Crippen LogP contribution < -0.4 is 10.2 Å². The van der Waals surface area contributed by atoms with E-state index in [1.165, 1.54) is 12.1 Å². The summed E-state index contributed by atoms with van der Waals surface area (Å²) in [6, 6.07) is 5.04. The number of anilines is 1. The molecule has 8 nitrogen and oxygen atoms in total. The van der Waals surface area contributed by atoms with Gasteiger partial charge in [0.05, 0.1) is 16.2 Å². The van der Waals surface area contributed by atoms with Crippen LogP contribution in [0.2, 0.25) is 0 Å². The second-order valence-electron chi connectivity index (χ2n) is 6.90. The van der Waals surface area contributed by atoms with Gasteiger partial charge in [-0.2, -0.15) is 0 Å². The lowest BCUT2D eigenvalue weighted by Crippen LogP contribution is -2.50. The van der Waals surface area contributed by atoms with Gasteiger partial charge in [-0.05, 0) is 19.0 Å². The molecule has 1 aromatic carbocycles. The van der Waals surface area contributed by atoms with E-state index in [0.29, 0.717) is 11.6 Å². The Hall–Kier alpha value is -2.19. The number of piperazine rings is 1. The van der Waals surface area contributed by atoms with E-state index < -0.39 is 4.92 Å². The molecular weight excluding hydrogens is 334 g/mol. The molecule has 142 valence electrons. The first-order valence-electron chi connectivity index (χ1n) is 9.25. The van der Waals surface area contributed by atoms with Crippen LogP contribution in [0.3, 0.4) is 0 Å². The monoisotopic (exact) mass is 361 g/mol. The number of likely N-dealkylation sites (N-methyl/N-ethyl adjacent to an activating group) is 1. The van der Waals surface area contributed by atoms with E-state index >= 15 is 0 Å². The summed E-state index contributed by atoms with van der Waals surface area (Å²) in [4.78, 5) is 30.0. The van der Waals surface area contributed by atoms with Crippen LogP contribution in [-0.4, -0.2) is 79.5 Å². The van der Waals surface area contributed by atoms with Gasteiger partial charge in [-0.15, -0.1) is 0 Å². The third-order valence-electron chi connectivity index (χ3n) is 5.54. The summed E-state index contributed by atoms with van der Waals surface area (Å²) in [6.45, 7) is 9.38. The summed E-state index contributed by atoms with van der Waals surface area (Å²) in [5.74, 6) is -0.288. The first-order chi connectivity index (χ1) is 12.5. The molecule has 1 unspecified atom stereocenters. The molecule has 2 fully saturated rings. The van der Waals surface area contributed by atoms with Crippen molar-refractivity contribution in [3.05, 3.63) is 33.9 Å². The average molecular weight is 361 g/mol. The van der Waals surface area contributed by atoms with Crippen molar-refractivity contribution in [2.75, 3.05) is 57.8 Å². The standard InChI is InChI=1S/C18H27N5O3/c1-3-20-8-10-21(11-9-20)15-6-7-22(13-15)17-5-4-14(23(25)26)12-16(17)18(24)19-2/h4-5,12,15H,3,6-11,13H2,1-2H3,(H,19,24). The normalized spacial score (nSPS) is 21.8. The molecule has 1 amide bonds. The SMILES string of the molecule is CCN1CCN(C2CCN(c3ccc([N+](=O)[O-])cc3C(=O)NC)C2)CC1. The van der Waals surface area contributed by atoms with E-state index in [2.05, 4.69) is 26.9 Å². The molecule has 2 saturated heterocycles. The average Bonchev–Trinajstić information content (AvgIpc) is 3.16. The maximum atomic E-state index is 12.2. The molecule has 0 bridgehead atoms. The first-order valence-corrected chi connectivity index (χ1v) is 9.25. The van der Waals surface area contributed by atoms with Gasteiger partial charge in [-0.1, -0.05) is 6.92 Å². The molecule has 0 aliphatic carbocycles. The van der Waals surface area contributed by atoms with E-state index in [1.807, 2.05) is 0 Å². The maximum Gasteiger partial charge on any atom is 0.270 e. The van der Waals surface area contributed by atoms with Crippen LogP contribution in [0.4, 0.5) is 11.4 Å². The fourth-order valence-corrected chi connectivity index (χ4v) is 3.93. The van der Waals surface area contributed by atoms with E-state index in [9.17, 15) is 14.9 Å². The molecule has 26 heavy (non-hydrogen) atoms. The number of carbonyl (C=O) groups is 1. The van der Waals surface area contributed by atoms with Crippen molar-refractivity contribution < 1.29 is 9.72 Å². The summed E-state index contributed by atoms with van der Waals surface area (Å²) >= 11 is 0. The van der Waals surface area contributed by atoms with Crippen molar-refractivity contribution in [1.29, 1.82) is 0 Å². The summed E-state index contributed by atoms with van der Waals surface area (Å²) in [7, 11) is 1.55. The fraction of sp³-hybridized carbons (Fsp3) is 0.611. The van der Waals surface area contributed by atoms with Gasteiger partial charge >= 0.3 is 0 Å². The zero-order valence-electron chi connectivity index (χ0n) is 15.5. The minimum atomic E-state index is -0.462. The number of amides is 1. The number of nitrogens with one attached hydrogen (secondary N) is 1. The third kappa shape index (κ3) is 3.81. The predicted octanol–water partition coefficient (Wildman–Crippen LogP) is 1.17. The molecule has 3 rings (SSSR count). The summed E-state index contributed by atoms with van der Waals surface area (Å²) in [5, 5.41) is 13.6. The number of benzene rings is 1. The fourth-order valence-electron chi connectivity index (χ4n) is 3.93. The Labute approximate surface area is 153 Å². The van der Waals surface area contributed by atoms with Gasteiger partial charge in [0.25, 0.3) is 11.6 Å². The van der Waals surface area contributed by atoms with Gasteiger partial charge < -0.3 is 15.1 Å². The molecule has 0 saturated carbocycles. The van der Waals surface area contributed by atoms with Crippen molar-refractivity contribution in [2.24, 2.45) is 0 Å². The maximum absolute atomic E-state index is 12.2. The summed E-state index contributed by atoms with van der Waals surface area (Å²) in [6.07, 6.45) is 1.05. The largest absolute Gasteiger partial charge is 0.369 e. The second kappa shape index (κ2) is 8.01. The number of nitro benzene ring substituents is 1. The molecule has 2 heterocycles. The third-order valence-corrected chi connectivity index (χ3v) is 5.54. The summed E-state index contributed by atoms with van der Waals surface area (Å²) in [5.41, 5.74) is 1.10. The summed E-state index contributed by atoms with van der Waals surface area (Å²) < 4.78 is 0. The molecule has 0 aromatic heterocycles. The minimum absolute atomic E-state index is 0.0567. The van der Waals surface area contributed by atoms with Crippen molar-refractivity contribution in [3.8, 4) is 0 Å². The van der Waals surface area contributed by atoms with E-state index in [-0.39, 0.29) is 11.6 Å². The van der Waals surface area contributed by atoms with Crippen LogP contribution in [0.15, 0.2) is 18.2 Å². The van der Waals surface area contributed by atoms with Crippen LogP contribution in [-0.2, 0) is 0 Å². The lowest BCUT2D eigenvalue weighted by atomic mass is 10.1. The van der Waals surface area contributed by atoms with Crippen molar-refractivity contribution in [2.45, 2.75) is 19.4 Å². The predicted molar refractivity (Wildman–Crippen MR) is 101 cm³/mol. The molecule has 1 atom stereocenters. The lowest BCUT2D eigenvalue weighted by Gasteiger charge is -2.37. The molecule has 1 N–H and O–H groups in total. The zero-order chi connectivity index (χ0) is 18.7. The Kier molecular flexibility index (Phi) is 5.73. The van der Waals surface area contributed by atoms with Crippen molar-refractivity contribution in [3.63, 3.8) is 0 Å². The highest BCUT2D eigenvalue weighted by molar-refractivity contribution is 6.00. The van der Waals surface area contributed by atoms with Crippen LogP contribution in [0.25, 0.3) is 0 Å². The Bertz CT molecular complexity index is 673. The molecule has 0 spiro atoms. The minimum Gasteiger partial charge on any atom is -0.369 e. The van der Waals surface area contributed by atoms with Gasteiger partial charge in [-0.3, -0.25) is 19.8 Å². The molecule has 0 radical (unpaired) electrons. The topological polar surface area (TPSA) is 82.0 Å². The number of nitro groups is 1. The van der Waals surface area contributed by atoms with Gasteiger partial charge in [-0.25, -0.2) is 0 Å². The zero-order valence-corrected chi connectivity index (χ0v) is 15.5. The highest BCUT2D eigenvalue weighted by Crippen LogP contribution is 2.30. The van der Waals surface area contributed by atoms with E-state index in [0.717, 1.165) is 57.9 Å². The van der Waals surface area contributed by atoms with Crippen LogP contribution in [0.5, 0.6) is 0 Å². The van der Waals surface area contributed by atoms with E-state index in [4.69, 9.17) is 0 Å². The van der Waals surface area contributed by atoms with Gasteiger partial charge in [0, 0.05) is 64.5 Å². The highest BCUT2D eigenvalue weighted by atomic mass is 16.6. The van der Waals surface area contributed by atoms with Gasteiger partial charge in [0.2, 0.25) is 0 Å². The second-order valence-corrected chi connectivity index (χ2v) is 6.90. The van der Waals surface area contributed by atoms with Crippen LogP contribution in [0.1, 0.15) is 23.7 Å².